The molecule has 31 heavy (non-hydrogen) atoms. The molecule has 1 amide bonds. The van der Waals surface area contributed by atoms with Crippen molar-refractivity contribution in [1.29, 1.82) is 0 Å². The molecule has 0 fully saturated rings. The molecule has 0 bridgehead atoms. The number of H-pyrrole nitrogens is 1. The van der Waals surface area contributed by atoms with Crippen LogP contribution in [0.3, 0.4) is 0 Å². The molecule has 0 spiro atoms. The molecule has 0 aliphatic rings. The molecular formula is C25H26N2O4. The van der Waals surface area contributed by atoms with Crippen molar-refractivity contribution < 1.29 is 19.1 Å². The van der Waals surface area contributed by atoms with Crippen molar-refractivity contribution in [3.8, 4) is 0 Å². The second kappa shape index (κ2) is 9.43. The van der Waals surface area contributed by atoms with E-state index >= 15 is 0 Å². The molecule has 1 heterocycles. The zero-order chi connectivity index (χ0) is 22.5. The number of methoxy groups -OCH3 is 1. The van der Waals surface area contributed by atoms with E-state index in [4.69, 9.17) is 4.74 Å². The van der Waals surface area contributed by atoms with E-state index in [2.05, 4.69) is 4.98 Å². The van der Waals surface area contributed by atoms with Gasteiger partial charge in [0.2, 0.25) is 5.91 Å². The Kier molecular flexibility index (Phi) is 6.70. The van der Waals surface area contributed by atoms with Crippen LogP contribution >= 0.6 is 0 Å². The second-order valence-electron chi connectivity index (χ2n) is 7.50. The topological polar surface area (TPSA) is 79.5 Å². The quantitative estimate of drug-likeness (QED) is 0.456. The first-order valence-corrected chi connectivity index (χ1v) is 10.0. The molecule has 0 saturated carbocycles. The number of Topliss-reactive ketones (excluding diaryl/α,β-unsaturated/α-hetero) is 1. The van der Waals surface area contributed by atoms with Crippen LogP contribution in [-0.2, 0) is 22.5 Å². The lowest BCUT2D eigenvalue weighted by molar-refractivity contribution is -0.118. The number of hydrogen-bond acceptors (Lipinski definition) is 4. The maximum Gasteiger partial charge on any atom is 0.339 e. The van der Waals surface area contributed by atoms with Gasteiger partial charge in [0.1, 0.15) is 0 Å². The normalized spacial score (nSPS) is 10.6. The molecule has 2 aromatic carbocycles. The first-order chi connectivity index (χ1) is 14.8. The Labute approximate surface area is 181 Å². The predicted octanol–water partition coefficient (Wildman–Crippen LogP) is 4.40. The SMILES string of the molecule is COC(=O)c1c(CC(=O)N(Cc2ccccc2)c2ccc(C)cc2)[nH]c(C(C)=O)c1C. The number of carbonyl (C=O) groups excluding carboxylic acids is 3. The van der Waals surface area contributed by atoms with Crippen molar-refractivity contribution in [2.75, 3.05) is 12.0 Å². The van der Waals surface area contributed by atoms with Crippen molar-refractivity contribution in [3.63, 3.8) is 0 Å². The van der Waals surface area contributed by atoms with Gasteiger partial charge in [-0.1, -0.05) is 48.0 Å². The number of amides is 1. The summed E-state index contributed by atoms with van der Waals surface area (Å²) >= 11 is 0. The van der Waals surface area contributed by atoms with Crippen LogP contribution in [-0.4, -0.2) is 29.8 Å². The Morgan fingerprint density at radius 3 is 2.19 bits per heavy atom. The van der Waals surface area contributed by atoms with Gasteiger partial charge in [-0.15, -0.1) is 0 Å². The molecule has 0 aliphatic carbocycles. The van der Waals surface area contributed by atoms with Gasteiger partial charge in [-0.2, -0.15) is 0 Å². The number of esters is 1. The third-order valence-corrected chi connectivity index (χ3v) is 5.23. The lowest BCUT2D eigenvalue weighted by Gasteiger charge is -2.23. The Morgan fingerprint density at radius 2 is 1.61 bits per heavy atom. The molecule has 6 nitrogen and oxygen atoms in total. The third-order valence-electron chi connectivity index (χ3n) is 5.23. The highest BCUT2D eigenvalue weighted by molar-refractivity contribution is 6.02. The van der Waals surface area contributed by atoms with Gasteiger partial charge in [-0.25, -0.2) is 4.79 Å². The summed E-state index contributed by atoms with van der Waals surface area (Å²) in [7, 11) is 1.28. The maximum atomic E-state index is 13.4. The summed E-state index contributed by atoms with van der Waals surface area (Å²) < 4.78 is 4.89. The number of anilines is 1. The van der Waals surface area contributed by atoms with Gasteiger partial charge in [-0.05, 0) is 37.1 Å². The summed E-state index contributed by atoms with van der Waals surface area (Å²) in [6.07, 6.45) is -0.0702. The number of aromatic nitrogens is 1. The van der Waals surface area contributed by atoms with Crippen LogP contribution in [0.4, 0.5) is 5.69 Å². The monoisotopic (exact) mass is 418 g/mol. The largest absolute Gasteiger partial charge is 0.465 e. The molecule has 3 aromatic rings. The van der Waals surface area contributed by atoms with Crippen molar-refractivity contribution >= 4 is 23.3 Å². The maximum absolute atomic E-state index is 13.4. The number of aromatic amines is 1. The molecule has 160 valence electrons. The van der Waals surface area contributed by atoms with E-state index in [1.54, 1.807) is 11.8 Å². The molecule has 0 radical (unpaired) electrons. The standard InChI is InChI=1S/C25H26N2O4/c1-16-10-12-20(13-11-16)27(15-19-8-6-5-7-9-19)22(29)14-21-23(25(30)31-4)17(2)24(26-21)18(3)28/h5-13,26H,14-15H2,1-4H3. The van der Waals surface area contributed by atoms with E-state index in [1.165, 1.54) is 14.0 Å². The van der Waals surface area contributed by atoms with Crippen molar-refractivity contribution in [2.24, 2.45) is 0 Å². The van der Waals surface area contributed by atoms with Crippen molar-refractivity contribution in [2.45, 2.75) is 33.7 Å². The average Bonchev–Trinajstić information content (AvgIpc) is 3.09. The molecule has 0 unspecified atom stereocenters. The molecule has 1 N–H and O–H groups in total. The Balaban J connectivity index is 1.98. The van der Waals surface area contributed by atoms with Crippen LogP contribution in [0.2, 0.25) is 0 Å². The summed E-state index contributed by atoms with van der Waals surface area (Å²) in [4.78, 5) is 42.4. The van der Waals surface area contributed by atoms with E-state index in [9.17, 15) is 14.4 Å². The molecule has 6 heteroatoms. The number of nitrogens with one attached hydrogen (secondary N) is 1. The lowest BCUT2D eigenvalue weighted by Crippen LogP contribution is -2.32. The highest BCUT2D eigenvalue weighted by Crippen LogP contribution is 2.24. The van der Waals surface area contributed by atoms with Gasteiger partial charge in [0.05, 0.1) is 31.3 Å². The smallest absolute Gasteiger partial charge is 0.339 e. The van der Waals surface area contributed by atoms with Crippen LogP contribution in [0.5, 0.6) is 0 Å². The minimum absolute atomic E-state index is 0.0702. The minimum atomic E-state index is -0.575. The Bertz CT molecular complexity index is 1100. The number of nitrogens with zero attached hydrogens (tertiary/aromatic N) is 1. The minimum Gasteiger partial charge on any atom is -0.465 e. The van der Waals surface area contributed by atoms with E-state index in [1.807, 2.05) is 61.5 Å². The number of aryl methyl sites for hydroxylation is 1. The van der Waals surface area contributed by atoms with E-state index in [-0.39, 0.29) is 23.7 Å². The lowest BCUT2D eigenvalue weighted by atomic mass is 10.1. The number of rotatable bonds is 7. The van der Waals surface area contributed by atoms with Crippen LogP contribution in [0, 0.1) is 13.8 Å². The summed E-state index contributed by atoms with van der Waals surface area (Å²) in [6, 6.07) is 17.4. The fourth-order valence-corrected chi connectivity index (χ4v) is 3.58. The van der Waals surface area contributed by atoms with Crippen LogP contribution < -0.4 is 4.90 Å². The summed E-state index contributed by atoms with van der Waals surface area (Å²) in [5, 5.41) is 0. The predicted molar refractivity (Wildman–Crippen MR) is 119 cm³/mol. The average molecular weight is 418 g/mol. The molecule has 0 atom stereocenters. The fraction of sp³-hybridized carbons (Fsp3) is 0.240. The number of benzene rings is 2. The van der Waals surface area contributed by atoms with Crippen LogP contribution in [0.15, 0.2) is 54.6 Å². The van der Waals surface area contributed by atoms with E-state index < -0.39 is 5.97 Å². The number of ether oxygens (including phenoxy) is 1. The first kappa shape index (κ1) is 22.0. The fourth-order valence-electron chi connectivity index (χ4n) is 3.58. The van der Waals surface area contributed by atoms with Crippen LogP contribution in [0.25, 0.3) is 0 Å². The molecule has 1 aromatic heterocycles. The molecular weight excluding hydrogens is 392 g/mol. The van der Waals surface area contributed by atoms with Crippen molar-refractivity contribution in [3.05, 3.63) is 88.2 Å². The van der Waals surface area contributed by atoms with Gasteiger partial charge in [0, 0.05) is 18.3 Å². The van der Waals surface area contributed by atoms with Gasteiger partial charge >= 0.3 is 5.97 Å². The van der Waals surface area contributed by atoms with Gasteiger partial charge in [-0.3, -0.25) is 9.59 Å². The number of hydrogen-bond donors (Lipinski definition) is 1. The number of ketones is 1. The molecule has 0 saturated heterocycles. The number of carbonyl (C=O) groups is 3. The molecule has 3 rings (SSSR count). The summed E-state index contributed by atoms with van der Waals surface area (Å²) in [6.45, 7) is 5.46. The third kappa shape index (κ3) is 4.91. The first-order valence-electron chi connectivity index (χ1n) is 10.0. The van der Waals surface area contributed by atoms with Gasteiger partial charge < -0.3 is 14.6 Å². The molecule has 0 aliphatic heterocycles. The zero-order valence-electron chi connectivity index (χ0n) is 18.2. The van der Waals surface area contributed by atoms with E-state index in [0.717, 1.165) is 16.8 Å². The second-order valence-corrected chi connectivity index (χ2v) is 7.50. The highest BCUT2D eigenvalue weighted by atomic mass is 16.5. The van der Waals surface area contributed by atoms with Crippen LogP contribution in [0.1, 0.15) is 50.2 Å². The van der Waals surface area contributed by atoms with E-state index in [0.29, 0.717) is 23.5 Å². The van der Waals surface area contributed by atoms with Crippen molar-refractivity contribution in [1.82, 2.24) is 4.98 Å². The Hall–Kier alpha value is -3.67. The summed E-state index contributed by atoms with van der Waals surface area (Å²) in [5.41, 5.74) is 4.26. The Morgan fingerprint density at radius 1 is 0.968 bits per heavy atom. The zero-order valence-corrected chi connectivity index (χ0v) is 18.2. The van der Waals surface area contributed by atoms with Gasteiger partial charge in [0.15, 0.2) is 5.78 Å². The summed E-state index contributed by atoms with van der Waals surface area (Å²) in [5.74, 6) is -0.982. The highest BCUT2D eigenvalue weighted by Gasteiger charge is 2.26. The van der Waals surface area contributed by atoms with Gasteiger partial charge in [0.25, 0.3) is 0 Å².